The smallest absolute Gasteiger partial charge is 0.319 e. The van der Waals surface area contributed by atoms with E-state index in [4.69, 9.17) is 11.6 Å². The number of carbonyl (C=O) groups excluding carboxylic acids is 1. The van der Waals surface area contributed by atoms with Crippen LogP contribution in [0.1, 0.15) is 12.0 Å². The van der Waals surface area contributed by atoms with Crippen LogP contribution in [0.2, 0.25) is 5.02 Å². The molecule has 0 heterocycles. The van der Waals surface area contributed by atoms with Crippen molar-refractivity contribution >= 4 is 29.0 Å². The van der Waals surface area contributed by atoms with Gasteiger partial charge in [0, 0.05) is 37.0 Å². The number of carbonyl (C=O) groups is 1. The maximum absolute atomic E-state index is 11.8. The van der Waals surface area contributed by atoms with Crippen LogP contribution in [0.5, 0.6) is 0 Å². The van der Waals surface area contributed by atoms with Crippen LogP contribution in [-0.4, -0.2) is 26.7 Å². The Balaban J connectivity index is 1.69. The molecule has 2 aromatic carbocycles. The van der Waals surface area contributed by atoms with Crippen LogP contribution < -0.4 is 15.5 Å². The van der Waals surface area contributed by atoms with E-state index in [1.54, 1.807) is 24.3 Å². The predicted octanol–water partition coefficient (Wildman–Crippen LogP) is 4.16. The molecule has 0 aliphatic heterocycles. The minimum Gasteiger partial charge on any atom is -0.378 e. The highest BCUT2D eigenvalue weighted by atomic mass is 35.5. The molecule has 4 nitrogen and oxygen atoms in total. The molecule has 2 N–H and O–H groups in total. The maximum atomic E-state index is 11.8. The van der Waals surface area contributed by atoms with Crippen LogP contribution in [0.4, 0.5) is 16.2 Å². The topological polar surface area (TPSA) is 44.4 Å². The number of benzene rings is 2. The first kappa shape index (κ1) is 17.2. The van der Waals surface area contributed by atoms with Crippen molar-refractivity contribution in [1.82, 2.24) is 5.32 Å². The third-order valence-corrected chi connectivity index (χ3v) is 3.70. The summed E-state index contributed by atoms with van der Waals surface area (Å²) in [6.07, 6.45) is 1.83. The van der Waals surface area contributed by atoms with E-state index in [9.17, 15) is 4.79 Å². The van der Waals surface area contributed by atoms with Crippen LogP contribution >= 0.6 is 11.6 Å². The van der Waals surface area contributed by atoms with Gasteiger partial charge in [0.2, 0.25) is 0 Å². The molecule has 0 spiro atoms. The van der Waals surface area contributed by atoms with E-state index in [1.165, 1.54) is 11.3 Å². The minimum atomic E-state index is -0.213. The van der Waals surface area contributed by atoms with Crippen molar-refractivity contribution in [1.29, 1.82) is 0 Å². The Morgan fingerprint density at radius 1 is 1.13 bits per heavy atom. The number of amides is 2. The van der Waals surface area contributed by atoms with Crippen molar-refractivity contribution < 1.29 is 4.79 Å². The van der Waals surface area contributed by atoms with Crippen molar-refractivity contribution in [3.63, 3.8) is 0 Å². The summed E-state index contributed by atoms with van der Waals surface area (Å²) < 4.78 is 0. The molecule has 0 aliphatic carbocycles. The molecule has 0 saturated heterocycles. The Labute approximate surface area is 142 Å². The SMILES string of the molecule is CN(C)c1ccc(CCCNC(=O)Nc2cccc(Cl)c2)cc1. The zero-order valence-corrected chi connectivity index (χ0v) is 14.2. The Kier molecular flexibility index (Phi) is 6.29. The summed E-state index contributed by atoms with van der Waals surface area (Å²) in [5.74, 6) is 0. The average molecular weight is 332 g/mol. The van der Waals surface area contributed by atoms with Crippen molar-refractivity contribution in [2.75, 3.05) is 30.9 Å². The summed E-state index contributed by atoms with van der Waals surface area (Å²) in [5.41, 5.74) is 3.15. The van der Waals surface area contributed by atoms with Gasteiger partial charge in [0.05, 0.1) is 0 Å². The molecule has 23 heavy (non-hydrogen) atoms. The Morgan fingerprint density at radius 3 is 2.52 bits per heavy atom. The second-order valence-corrected chi connectivity index (χ2v) is 5.99. The fraction of sp³-hybridized carbons (Fsp3) is 0.278. The zero-order chi connectivity index (χ0) is 16.7. The van der Waals surface area contributed by atoms with Gasteiger partial charge in [-0.1, -0.05) is 29.8 Å². The number of urea groups is 1. The number of anilines is 2. The van der Waals surface area contributed by atoms with Gasteiger partial charge in [-0.05, 0) is 48.7 Å². The Morgan fingerprint density at radius 2 is 1.87 bits per heavy atom. The molecule has 122 valence electrons. The third-order valence-electron chi connectivity index (χ3n) is 3.46. The highest BCUT2D eigenvalue weighted by Crippen LogP contribution is 2.15. The van der Waals surface area contributed by atoms with Crippen molar-refractivity contribution in [3.8, 4) is 0 Å². The Hall–Kier alpha value is -2.20. The van der Waals surface area contributed by atoms with Crippen LogP contribution in [0.15, 0.2) is 48.5 Å². The van der Waals surface area contributed by atoms with E-state index in [0.717, 1.165) is 12.8 Å². The number of nitrogens with zero attached hydrogens (tertiary/aromatic N) is 1. The van der Waals surface area contributed by atoms with Gasteiger partial charge in [-0.25, -0.2) is 4.79 Å². The molecule has 5 heteroatoms. The summed E-state index contributed by atoms with van der Waals surface area (Å²) in [5, 5.41) is 6.21. The lowest BCUT2D eigenvalue weighted by atomic mass is 10.1. The molecular weight excluding hydrogens is 310 g/mol. The average Bonchev–Trinajstić information content (AvgIpc) is 2.52. The third kappa shape index (κ3) is 5.83. The minimum absolute atomic E-state index is 0.213. The standard InChI is InChI=1S/C18H22ClN3O/c1-22(2)17-10-8-14(9-11-17)5-4-12-20-18(23)21-16-7-3-6-15(19)13-16/h3,6-11,13H,4-5,12H2,1-2H3,(H2,20,21,23). The maximum Gasteiger partial charge on any atom is 0.319 e. The number of nitrogens with one attached hydrogen (secondary N) is 2. The van der Waals surface area contributed by atoms with Gasteiger partial charge in [0.25, 0.3) is 0 Å². The van der Waals surface area contributed by atoms with Crippen LogP contribution in [0, 0.1) is 0 Å². The van der Waals surface area contributed by atoms with Gasteiger partial charge in [0.1, 0.15) is 0 Å². The number of aryl methyl sites for hydroxylation is 1. The number of hydrogen-bond donors (Lipinski definition) is 2. The lowest BCUT2D eigenvalue weighted by Crippen LogP contribution is -2.29. The quantitative estimate of drug-likeness (QED) is 0.781. The summed E-state index contributed by atoms with van der Waals surface area (Å²) in [4.78, 5) is 13.9. The fourth-order valence-corrected chi connectivity index (χ4v) is 2.39. The summed E-state index contributed by atoms with van der Waals surface area (Å²) in [6, 6.07) is 15.3. The van der Waals surface area contributed by atoms with E-state index >= 15 is 0 Å². The second kappa shape index (κ2) is 8.44. The molecule has 0 atom stereocenters. The van der Waals surface area contributed by atoms with Gasteiger partial charge in [0.15, 0.2) is 0 Å². The summed E-state index contributed by atoms with van der Waals surface area (Å²) >= 11 is 5.88. The first-order valence-electron chi connectivity index (χ1n) is 7.61. The summed E-state index contributed by atoms with van der Waals surface area (Å²) in [7, 11) is 4.05. The zero-order valence-electron chi connectivity index (χ0n) is 13.5. The molecule has 2 amide bonds. The molecule has 2 aromatic rings. The van der Waals surface area contributed by atoms with Crippen molar-refractivity contribution in [2.24, 2.45) is 0 Å². The molecular formula is C18H22ClN3O. The first-order valence-corrected chi connectivity index (χ1v) is 7.99. The molecule has 0 bridgehead atoms. The predicted molar refractivity (Wildman–Crippen MR) is 97.6 cm³/mol. The van der Waals surface area contributed by atoms with Gasteiger partial charge in [-0.3, -0.25) is 0 Å². The Bertz CT molecular complexity index is 641. The lowest BCUT2D eigenvalue weighted by Gasteiger charge is -2.12. The normalized spacial score (nSPS) is 10.2. The van der Waals surface area contributed by atoms with E-state index in [2.05, 4.69) is 39.8 Å². The van der Waals surface area contributed by atoms with Crippen LogP contribution in [-0.2, 0) is 6.42 Å². The molecule has 0 saturated carbocycles. The molecule has 0 aliphatic rings. The van der Waals surface area contributed by atoms with Gasteiger partial charge in [-0.15, -0.1) is 0 Å². The van der Waals surface area contributed by atoms with Gasteiger partial charge in [-0.2, -0.15) is 0 Å². The number of rotatable bonds is 6. The monoisotopic (exact) mass is 331 g/mol. The number of halogens is 1. The highest BCUT2D eigenvalue weighted by Gasteiger charge is 2.02. The molecule has 0 aromatic heterocycles. The first-order chi connectivity index (χ1) is 11.0. The number of hydrogen-bond acceptors (Lipinski definition) is 2. The fourth-order valence-electron chi connectivity index (χ4n) is 2.20. The van der Waals surface area contributed by atoms with E-state index in [1.807, 2.05) is 14.1 Å². The van der Waals surface area contributed by atoms with Crippen LogP contribution in [0.3, 0.4) is 0 Å². The van der Waals surface area contributed by atoms with E-state index in [0.29, 0.717) is 17.3 Å². The largest absolute Gasteiger partial charge is 0.378 e. The molecule has 0 radical (unpaired) electrons. The van der Waals surface area contributed by atoms with Gasteiger partial charge >= 0.3 is 6.03 Å². The van der Waals surface area contributed by atoms with E-state index in [-0.39, 0.29) is 6.03 Å². The molecule has 0 fully saturated rings. The molecule has 0 unspecified atom stereocenters. The molecule has 2 rings (SSSR count). The highest BCUT2D eigenvalue weighted by molar-refractivity contribution is 6.30. The summed E-state index contributed by atoms with van der Waals surface area (Å²) in [6.45, 7) is 0.627. The van der Waals surface area contributed by atoms with Gasteiger partial charge < -0.3 is 15.5 Å². The lowest BCUT2D eigenvalue weighted by molar-refractivity contribution is 0.252. The van der Waals surface area contributed by atoms with Crippen molar-refractivity contribution in [2.45, 2.75) is 12.8 Å². The van der Waals surface area contributed by atoms with E-state index < -0.39 is 0 Å². The van der Waals surface area contributed by atoms with Crippen molar-refractivity contribution in [3.05, 3.63) is 59.1 Å². The second-order valence-electron chi connectivity index (χ2n) is 5.56. The van der Waals surface area contributed by atoms with Crippen LogP contribution in [0.25, 0.3) is 0 Å².